The zero-order chi connectivity index (χ0) is 31.5. The standard InChI is InChI=1S/C30H29ClF4N4O.C2H6O/c1-30(2,35)21-11-26(39-28(27(21)34)19-10-22(31)24(33)12-23(19)32)20(15-3-4-15)14-38-29(40)16-5-8-25(36)17(9-16)13-37-18-6-7-18;1-3-2/h5,8-13,15,18,20H,3-4,6-7,14,36H2,1-2H3,(H,38,40);1-2H3. The number of nitrogens with two attached hydrogens (primary N) is 1. The minimum Gasteiger partial charge on any atom is -0.398 e. The summed E-state index contributed by atoms with van der Waals surface area (Å²) in [7, 11) is 3.25. The number of rotatable bonds is 9. The summed E-state index contributed by atoms with van der Waals surface area (Å²) in [5.41, 5.74) is 4.61. The van der Waals surface area contributed by atoms with Crippen LogP contribution in [0.4, 0.5) is 23.2 Å². The molecule has 0 saturated heterocycles. The van der Waals surface area contributed by atoms with Crippen molar-refractivity contribution >= 4 is 29.4 Å². The van der Waals surface area contributed by atoms with Crippen molar-refractivity contribution in [3.8, 4) is 11.3 Å². The molecule has 6 nitrogen and oxygen atoms in total. The van der Waals surface area contributed by atoms with Gasteiger partial charge in [-0.2, -0.15) is 0 Å². The van der Waals surface area contributed by atoms with Gasteiger partial charge in [-0.25, -0.2) is 22.5 Å². The molecule has 2 fully saturated rings. The van der Waals surface area contributed by atoms with Gasteiger partial charge in [-0.05, 0) is 75.8 Å². The molecule has 2 aromatic carbocycles. The predicted octanol–water partition coefficient (Wildman–Crippen LogP) is 7.37. The Labute approximate surface area is 253 Å². The van der Waals surface area contributed by atoms with Crippen LogP contribution in [0.3, 0.4) is 0 Å². The van der Waals surface area contributed by atoms with Crippen molar-refractivity contribution in [1.82, 2.24) is 10.3 Å². The summed E-state index contributed by atoms with van der Waals surface area (Å²) in [6, 6.07) is 8.05. The number of hydrogen-bond acceptors (Lipinski definition) is 5. The van der Waals surface area contributed by atoms with Gasteiger partial charge in [0.05, 0.1) is 11.1 Å². The first-order valence-corrected chi connectivity index (χ1v) is 14.4. The van der Waals surface area contributed by atoms with Crippen molar-refractivity contribution in [3.05, 3.63) is 81.3 Å². The van der Waals surface area contributed by atoms with E-state index in [9.17, 15) is 13.6 Å². The minimum absolute atomic E-state index is 0.107. The number of carbonyl (C=O) groups is 1. The van der Waals surface area contributed by atoms with Crippen LogP contribution in [0, 0.1) is 23.4 Å². The van der Waals surface area contributed by atoms with Crippen molar-refractivity contribution in [2.45, 2.75) is 57.2 Å². The first-order chi connectivity index (χ1) is 20.3. The molecule has 5 rings (SSSR count). The zero-order valence-electron chi connectivity index (χ0n) is 24.5. The summed E-state index contributed by atoms with van der Waals surface area (Å²) in [4.78, 5) is 21.9. The van der Waals surface area contributed by atoms with Gasteiger partial charge in [0.25, 0.3) is 5.91 Å². The molecule has 2 aliphatic rings. The van der Waals surface area contributed by atoms with Gasteiger partial charge in [0.2, 0.25) is 0 Å². The fraction of sp³-hybridized carbons (Fsp3) is 0.406. The number of anilines is 1. The fourth-order valence-corrected chi connectivity index (χ4v) is 4.77. The number of pyridine rings is 1. The molecule has 230 valence electrons. The average molecular weight is 619 g/mol. The summed E-state index contributed by atoms with van der Waals surface area (Å²) in [5, 5.41) is 2.49. The molecule has 1 atom stereocenters. The Morgan fingerprint density at radius 3 is 2.42 bits per heavy atom. The molecule has 2 aliphatic carbocycles. The number of methoxy groups -OCH3 is 1. The van der Waals surface area contributed by atoms with Crippen LogP contribution in [0.15, 0.2) is 41.4 Å². The van der Waals surface area contributed by atoms with Crippen LogP contribution in [-0.4, -0.2) is 43.9 Å². The Hall–Kier alpha value is -3.50. The van der Waals surface area contributed by atoms with Crippen LogP contribution < -0.4 is 11.1 Å². The van der Waals surface area contributed by atoms with Crippen LogP contribution in [0.1, 0.15) is 72.6 Å². The topological polar surface area (TPSA) is 89.6 Å². The van der Waals surface area contributed by atoms with Crippen molar-refractivity contribution < 1.29 is 27.1 Å². The van der Waals surface area contributed by atoms with Gasteiger partial charge in [0, 0.05) is 72.6 Å². The third-order valence-electron chi connectivity index (χ3n) is 7.26. The summed E-state index contributed by atoms with van der Waals surface area (Å²) in [6.07, 6.45) is 5.44. The lowest BCUT2D eigenvalue weighted by atomic mass is 9.91. The second kappa shape index (κ2) is 13.4. The van der Waals surface area contributed by atoms with Crippen LogP contribution >= 0.6 is 11.6 Å². The minimum atomic E-state index is -2.13. The van der Waals surface area contributed by atoms with Gasteiger partial charge < -0.3 is 15.8 Å². The molecule has 2 saturated carbocycles. The Balaban J connectivity index is 0.00000135. The first kappa shape index (κ1) is 32.4. The zero-order valence-corrected chi connectivity index (χ0v) is 25.2. The van der Waals surface area contributed by atoms with Crippen LogP contribution in [-0.2, 0) is 10.4 Å². The molecule has 1 amide bonds. The maximum Gasteiger partial charge on any atom is 0.251 e. The third kappa shape index (κ3) is 8.12. The third-order valence-corrected chi connectivity index (χ3v) is 7.55. The van der Waals surface area contributed by atoms with Gasteiger partial charge in [-0.3, -0.25) is 9.79 Å². The number of benzene rings is 2. The number of amides is 1. The molecule has 1 unspecified atom stereocenters. The summed E-state index contributed by atoms with van der Waals surface area (Å²) < 4.78 is 63.5. The first-order valence-electron chi connectivity index (χ1n) is 14.0. The van der Waals surface area contributed by atoms with Gasteiger partial charge in [-0.1, -0.05) is 11.6 Å². The van der Waals surface area contributed by atoms with E-state index in [4.69, 9.17) is 17.3 Å². The highest BCUT2D eigenvalue weighted by Gasteiger charge is 2.36. The SMILES string of the molecule is CC(C)(F)c1cc(C(CNC(=O)c2ccc(N)c(C=NC3CC3)c2)C2CC2)nc(-c2cc(Cl)c(F)cc2F)c1F.COC. The maximum atomic E-state index is 15.6. The van der Waals surface area contributed by atoms with E-state index in [0.717, 1.165) is 31.7 Å². The Bertz CT molecular complexity index is 1520. The van der Waals surface area contributed by atoms with Crippen LogP contribution in [0.2, 0.25) is 5.02 Å². The van der Waals surface area contributed by atoms with Gasteiger partial charge in [0.15, 0.2) is 5.82 Å². The molecule has 11 heteroatoms. The number of nitrogens with one attached hydrogen (secondary N) is 1. The maximum absolute atomic E-state index is 15.6. The molecule has 1 aromatic heterocycles. The van der Waals surface area contributed by atoms with Crippen LogP contribution in [0.25, 0.3) is 11.3 Å². The molecule has 0 radical (unpaired) electrons. The lowest BCUT2D eigenvalue weighted by Gasteiger charge is -2.23. The molecular formula is C32H35ClF4N4O2. The van der Waals surface area contributed by atoms with E-state index in [1.807, 2.05) is 0 Å². The van der Waals surface area contributed by atoms with Gasteiger partial charge >= 0.3 is 0 Å². The lowest BCUT2D eigenvalue weighted by Crippen LogP contribution is -2.30. The van der Waals surface area contributed by atoms with Crippen LogP contribution in [0.5, 0.6) is 0 Å². The number of halogens is 5. The Morgan fingerprint density at radius 1 is 1.14 bits per heavy atom. The van der Waals surface area contributed by atoms with E-state index in [1.54, 1.807) is 38.6 Å². The largest absolute Gasteiger partial charge is 0.398 e. The number of aromatic nitrogens is 1. The number of alkyl halides is 1. The predicted molar refractivity (Wildman–Crippen MR) is 161 cm³/mol. The molecule has 0 aliphatic heterocycles. The molecule has 3 aromatic rings. The highest BCUT2D eigenvalue weighted by molar-refractivity contribution is 6.31. The van der Waals surface area contributed by atoms with Crippen molar-refractivity contribution in [2.24, 2.45) is 10.9 Å². The quantitative estimate of drug-likeness (QED) is 0.113. The molecule has 0 bridgehead atoms. The number of hydrogen-bond donors (Lipinski definition) is 2. The van der Waals surface area contributed by atoms with Gasteiger partial charge in [0.1, 0.15) is 23.0 Å². The number of carbonyl (C=O) groups excluding carboxylic acids is 1. The molecule has 3 N–H and O–H groups in total. The van der Waals surface area contributed by atoms with E-state index in [0.29, 0.717) is 34.6 Å². The smallest absolute Gasteiger partial charge is 0.251 e. The molecule has 43 heavy (non-hydrogen) atoms. The number of aliphatic imine (C=N–C) groups is 1. The van der Waals surface area contributed by atoms with Gasteiger partial charge in [-0.15, -0.1) is 0 Å². The van der Waals surface area contributed by atoms with E-state index in [-0.39, 0.29) is 29.5 Å². The normalized spacial score (nSPS) is 15.7. The second-order valence-corrected chi connectivity index (χ2v) is 11.8. The number of nitrogens with zero attached hydrogens (tertiary/aromatic N) is 2. The van der Waals surface area contributed by atoms with E-state index in [1.165, 1.54) is 19.9 Å². The summed E-state index contributed by atoms with van der Waals surface area (Å²) in [6.45, 7) is 2.51. The Morgan fingerprint density at radius 2 is 1.81 bits per heavy atom. The highest BCUT2D eigenvalue weighted by Crippen LogP contribution is 2.44. The van der Waals surface area contributed by atoms with E-state index in [2.05, 4.69) is 20.0 Å². The molecular weight excluding hydrogens is 584 g/mol. The lowest BCUT2D eigenvalue weighted by molar-refractivity contribution is 0.0950. The monoisotopic (exact) mass is 618 g/mol. The van der Waals surface area contributed by atoms with E-state index >= 15 is 8.78 Å². The summed E-state index contributed by atoms with van der Waals surface area (Å²) >= 11 is 5.85. The highest BCUT2D eigenvalue weighted by atomic mass is 35.5. The van der Waals surface area contributed by atoms with E-state index < -0.39 is 39.8 Å². The second-order valence-electron chi connectivity index (χ2n) is 11.4. The average Bonchev–Trinajstić information content (AvgIpc) is 3.86. The van der Waals surface area contributed by atoms with Crippen molar-refractivity contribution in [3.63, 3.8) is 0 Å². The van der Waals surface area contributed by atoms with Crippen molar-refractivity contribution in [1.29, 1.82) is 0 Å². The molecule has 0 spiro atoms. The number of nitrogen functional groups attached to an aromatic ring is 1. The number of ether oxygens (including phenoxy) is 1. The molecule has 1 heterocycles. The Kier molecular flexibility index (Phi) is 10.1. The summed E-state index contributed by atoms with van der Waals surface area (Å²) in [5.74, 6) is -3.78. The van der Waals surface area contributed by atoms with Crippen molar-refractivity contribution in [2.75, 3.05) is 26.5 Å². The fourth-order valence-electron chi connectivity index (χ4n) is 4.61.